The monoisotopic (exact) mass is 410 g/mol. The van der Waals surface area contributed by atoms with Crippen molar-refractivity contribution in [1.29, 1.82) is 0 Å². The fourth-order valence-electron chi connectivity index (χ4n) is 2.51. The molecule has 0 bridgehead atoms. The Balaban J connectivity index is 1.59. The Bertz CT molecular complexity index is 942. The molecular weight excluding hydrogens is 388 g/mol. The third-order valence-corrected chi connectivity index (χ3v) is 4.89. The van der Waals surface area contributed by atoms with Crippen LogP contribution in [0.1, 0.15) is 5.82 Å². The van der Waals surface area contributed by atoms with E-state index in [1.165, 1.54) is 11.8 Å². The number of rotatable bonds is 10. The van der Waals surface area contributed by atoms with Crippen molar-refractivity contribution in [3.63, 3.8) is 0 Å². The molecule has 0 radical (unpaired) electrons. The van der Waals surface area contributed by atoms with Crippen LogP contribution in [0.4, 0.5) is 5.69 Å². The molecule has 7 nitrogen and oxygen atoms in total. The van der Waals surface area contributed by atoms with Crippen molar-refractivity contribution in [2.75, 3.05) is 18.2 Å². The Kier molecular flexibility index (Phi) is 7.29. The summed E-state index contributed by atoms with van der Waals surface area (Å²) in [6.45, 7) is 4.57. The number of amides is 1. The number of allylic oxidation sites excluding steroid dienone is 1. The Labute approximate surface area is 173 Å². The Hall–Kier alpha value is -3.26. The summed E-state index contributed by atoms with van der Waals surface area (Å²) in [5.74, 6) is 2.25. The maximum absolute atomic E-state index is 12.2. The molecule has 0 fully saturated rings. The molecule has 2 aromatic carbocycles. The lowest BCUT2D eigenvalue weighted by Gasteiger charge is -2.10. The van der Waals surface area contributed by atoms with Crippen LogP contribution in [0, 0.1) is 0 Å². The van der Waals surface area contributed by atoms with Gasteiger partial charge in [0, 0.05) is 12.2 Å². The number of methoxy groups -OCH3 is 1. The largest absolute Gasteiger partial charge is 0.497 e. The highest BCUT2D eigenvalue weighted by Crippen LogP contribution is 2.21. The summed E-state index contributed by atoms with van der Waals surface area (Å²) in [6, 6.07) is 16.7. The Morgan fingerprint density at radius 1 is 1.14 bits per heavy atom. The lowest BCUT2D eigenvalue weighted by atomic mass is 10.3. The van der Waals surface area contributed by atoms with Crippen LogP contribution in [0.2, 0.25) is 0 Å². The number of para-hydroxylation sites is 1. The molecule has 1 N–H and O–H groups in total. The van der Waals surface area contributed by atoms with Crippen LogP contribution in [0.5, 0.6) is 11.5 Å². The van der Waals surface area contributed by atoms with Crippen LogP contribution < -0.4 is 14.8 Å². The Morgan fingerprint density at radius 3 is 2.55 bits per heavy atom. The van der Waals surface area contributed by atoms with Gasteiger partial charge in [-0.2, -0.15) is 0 Å². The molecule has 0 atom stereocenters. The molecule has 1 amide bonds. The highest BCUT2D eigenvalue weighted by atomic mass is 32.2. The number of carbonyl (C=O) groups excluding carboxylic acids is 1. The maximum atomic E-state index is 12.2. The summed E-state index contributed by atoms with van der Waals surface area (Å²) in [4.78, 5) is 12.2. The number of hydrogen-bond acceptors (Lipinski definition) is 6. The van der Waals surface area contributed by atoms with Gasteiger partial charge in [0.2, 0.25) is 5.91 Å². The van der Waals surface area contributed by atoms with Gasteiger partial charge in [0.1, 0.15) is 18.1 Å². The van der Waals surface area contributed by atoms with Gasteiger partial charge >= 0.3 is 0 Å². The number of nitrogens with one attached hydrogen (secondary N) is 1. The first-order chi connectivity index (χ1) is 14.2. The second-order valence-electron chi connectivity index (χ2n) is 5.97. The van der Waals surface area contributed by atoms with Crippen LogP contribution in [0.3, 0.4) is 0 Å². The molecule has 0 aliphatic heterocycles. The van der Waals surface area contributed by atoms with Crippen LogP contribution in [0.15, 0.2) is 72.4 Å². The average Bonchev–Trinajstić information content (AvgIpc) is 3.14. The van der Waals surface area contributed by atoms with Gasteiger partial charge in [0.05, 0.1) is 12.9 Å². The quantitative estimate of drug-likeness (QED) is 0.405. The minimum absolute atomic E-state index is 0.106. The molecular formula is C21H22N4O3S. The molecule has 1 heterocycles. The number of ether oxygens (including phenoxy) is 2. The van der Waals surface area contributed by atoms with Gasteiger partial charge in [-0.3, -0.25) is 9.36 Å². The van der Waals surface area contributed by atoms with E-state index < -0.39 is 0 Å². The first-order valence-corrected chi connectivity index (χ1v) is 9.95. The predicted molar refractivity (Wildman–Crippen MR) is 113 cm³/mol. The van der Waals surface area contributed by atoms with Gasteiger partial charge in [-0.15, -0.1) is 16.8 Å². The number of anilines is 1. The van der Waals surface area contributed by atoms with Crippen LogP contribution in [0.25, 0.3) is 0 Å². The van der Waals surface area contributed by atoms with Crippen molar-refractivity contribution in [2.24, 2.45) is 0 Å². The van der Waals surface area contributed by atoms with Gasteiger partial charge in [-0.05, 0) is 36.4 Å². The second kappa shape index (κ2) is 10.3. The zero-order valence-corrected chi connectivity index (χ0v) is 16.9. The van der Waals surface area contributed by atoms with E-state index in [1.807, 2.05) is 59.2 Å². The fraction of sp³-hybridized carbons (Fsp3) is 0.190. The molecule has 1 aromatic heterocycles. The third-order valence-electron chi connectivity index (χ3n) is 3.92. The average molecular weight is 410 g/mol. The van der Waals surface area contributed by atoms with Gasteiger partial charge in [0.15, 0.2) is 11.0 Å². The van der Waals surface area contributed by atoms with Crippen molar-refractivity contribution in [3.8, 4) is 11.5 Å². The number of nitrogens with zero attached hydrogens (tertiary/aromatic N) is 3. The zero-order chi connectivity index (χ0) is 20.5. The van der Waals surface area contributed by atoms with Gasteiger partial charge in [0.25, 0.3) is 0 Å². The van der Waals surface area contributed by atoms with E-state index in [9.17, 15) is 4.79 Å². The lowest BCUT2D eigenvalue weighted by Crippen LogP contribution is -2.14. The van der Waals surface area contributed by atoms with Crippen molar-refractivity contribution in [1.82, 2.24) is 14.8 Å². The van der Waals surface area contributed by atoms with E-state index in [2.05, 4.69) is 22.1 Å². The smallest absolute Gasteiger partial charge is 0.234 e. The van der Waals surface area contributed by atoms with Crippen LogP contribution >= 0.6 is 11.8 Å². The first kappa shape index (κ1) is 20.5. The third kappa shape index (κ3) is 5.86. The first-order valence-electron chi connectivity index (χ1n) is 8.97. The topological polar surface area (TPSA) is 78.3 Å². The molecule has 0 aliphatic carbocycles. The SMILES string of the molecule is C=CCn1c(COc2ccc(OC)cc2)nnc1SCC(=O)Nc1ccccc1. The molecule has 150 valence electrons. The van der Waals surface area contributed by atoms with E-state index in [4.69, 9.17) is 9.47 Å². The molecule has 0 saturated carbocycles. The van der Waals surface area contributed by atoms with E-state index >= 15 is 0 Å². The van der Waals surface area contributed by atoms with Crippen molar-refractivity contribution in [2.45, 2.75) is 18.3 Å². The molecule has 0 saturated heterocycles. The maximum Gasteiger partial charge on any atom is 0.234 e. The second-order valence-corrected chi connectivity index (χ2v) is 6.91. The summed E-state index contributed by atoms with van der Waals surface area (Å²) in [6.07, 6.45) is 1.76. The molecule has 0 aliphatic rings. The van der Waals surface area contributed by atoms with Crippen molar-refractivity contribution < 1.29 is 14.3 Å². The van der Waals surface area contributed by atoms with E-state index in [0.29, 0.717) is 23.3 Å². The summed E-state index contributed by atoms with van der Waals surface area (Å²) < 4.78 is 12.8. The van der Waals surface area contributed by atoms with E-state index in [1.54, 1.807) is 13.2 Å². The van der Waals surface area contributed by atoms with Gasteiger partial charge < -0.3 is 14.8 Å². The molecule has 0 spiro atoms. The van der Waals surface area contributed by atoms with Crippen LogP contribution in [-0.2, 0) is 17.9 Å². The van der Waals surface area contributed by atoms with Crippen LogP contribution in [-0.4, -0.2) is 33.5 Å². The van der Waals surface area contributed by atoms with Gasteiger partial charge in [-0.25, -0.2) is 0 Å². The number of carbonyl (C=O) groups is 1. The lowest BCUT2D eigenvalue weighted by molar-refractivity contribution is -0.113. The fourth-order valence-corrected chi connectivity index (χ4v) is 3.28. The highest BCUT2D eigenvalue weighted by Gasteiger charge is 2.14. The Morgan fingerprint density at radius 2 is 1.86 bits per heavy atom. The zero-order valence-electron chi connectivity index (χ0n) is 16.1. The summed E-state index contributed by atoms with van der Waals surface area (Å²) >= 11 is 1.32. The van der Waals surface area contributed by atoms with Crippen molar-refractivity contribution in [3.05, 3.63) is 73.1 Å². The predicted octanol–water partition coefficient (Wildman–Crippen LogP) is 3.78. The summed E-state index contributed by atoms with van der Waals surface area (Å²) in [5.41, 5.74) is 0.763. The number of hydrogen-bond donors (Lipinski definition) is 1. The molecule has 0 unspecified atom stereocenters. The molecule has 3 aromatic rings. The van der Waals surface area contributed by atoms with Gasteiger partial charge in [-0.1, -0.05) is 36.0 Å². The standard InChI is InChI=1S/C21H22N4O3S/c1-3-13-25-19(14-28-18-11-9-17(27-2)10-12-18)23-24-21(25)29-15-20(26)22-16-7-5-4-6-8-16/h3-12H,1,13-15H2,2H3,(H,22,26). The number of thioether (sulfide) groups is 1. The summed E-state index contributed by atoms with van der Waals surface area (Å²) in [5, 5.41) is 11.9. The molecule has 29 heavy (non-hydrogen) atoms. The van der Waals surface area contributed by atoms with E-state index in [-0.39, 0.29) is 18.3 Å². The highest BCUT2D eigenvalue weighted by molar-refractivity contribution is 7.99. The summed E-state index contributed by atoms with van der Waals surface area (Å²) in [7, 11) is 1.62. The number of aromatic nitrogens is 3. The normalized spacial score (nSPS) is 10.4. The van der Waals surface area contributed by atoms with E-state index in [0.717, 1.165) is 11.4 Å². The number of benzene rings is 2. The minimum Gasteiger partial charge on any atom is -0.497 e. The molecule has 3 rings (SSSR count). The van der Waals surface area contributed by atoms with Crippen molar-refractivity contribution >= 4 is 23.4 Å². The molecule has 8 heteroatoms. The minimum atomic E-state index is -0.106.